The molecule has 0 aliphatic carbocycles. The Kier molecular flexibility index (Phi) is 2.87. The molecule has 2 atom stereocenters. The van der Waals surface area contributed by atoms with Crippen LogP contribution in [0.25, 0.3) is 0 Å². The third kappa shape index (κ3) is 1.82. The van der Waals surface area contributed by atoms with Crippen molar-refractivity contribution in [3.63, 3.8) is 0 Å². The maximum Gasteiger partial charge on any atom is 0.0945 e. The van der Waals surface area contributed by atoms with Crippen LogP contribution in [0.4, 0.5) is 0 Å². The summed E-state index contributed by atoms with van der Waals surface area (Å²) in [4.78, 5) is 4.14. The van der Waals surface area contributed by atoms with Crippen LogP contribution in [-0.4, -0.2) is 22.8 Å². The lowest BCUT2D eigenvalue weighted by atomic mass is 9.90. The summed E-state index contributed by atoms with van der Waals surface area (Å²) >= 11 is 0. The largest absolute Gasteiger partial charge is 0.381 e. The Hall–Kier alpha value is -0.830. The first-order valence-electron chi connectivity index (χ1n) is 5.34. The standard InChI is InChI=1S/C11H18N2O/c1-3-9-6-14-7-10(9)4-11-5-12-8-13(11)2/h5,8-10H,3-4,6-7H2,1-2H3/t9-,10+/m0/s1. The molecule has 0 spiro atoms. The Morgan fingerprint density at radius 1 is 1.50 bits per heavy atom. The van der Waals surface area contributed by atoms with Crippen LogP contribution in [0.2, 0.25) is 0 Å². The van der Waals surface area contributed by atoms with E-state index in [1.54, 1.807) is 0 Å². The Labute approximate surface area is 85.1 Å². The predicted octanol–water partition coefficient (Wildman–Crippen LogP) is 1.64. The summed E-state index contributed by atoms with van der Waals surface area (Å²) in [6.07, 6.45) is 6.16. The summed E-state index contributed by atoms with van der Waals surface area (Å²) in [6, 6.07) is 0. The fourth-order valence-electron chi connectivity index (χ4n) is 2.17. The highest BCUT2D eigenvalue weighted by molar-refractivity contribution is 5.00. The van der Waals surface area contributed by atoms with Gasteiger partial charge in [0.15, 0.2) is 0 Å². The molecule has 1 aliphatic heterocycles. The minimum Gasteiger partial charge on any atom is -0.381 e. The van der Waals surface area contributed by atoms with Crippen LogP contribution in [0.3, 0.4) is 0 Å². The fraction of sp³-hybridized carbons (Fsp3) is 0.727. The van der Waals surface area contributed by atoms with Crippen LogP contribution in [0, 0.1) is 11.8 Å². The summed E-state index contributed by atoms with van der Waals surface area (Å²) in [5, 5.41) is 0. The zero-order chi connectivity index (χ0) is 9.97. The molecule has 0 amide bonds. The number of ether oxygens (including phenoxy) is 1. The molecule has 0 radical (unpaired) electrons. The molecule has 3 heteroatoms. The zero-order valence-corrected chi connectivity index (χ0v) is 8.94. The number of nitrogens with zero attached hydrogens (tertiary/aromatic N) is 2. The third-order valence-electron chi connectivity index (χ3n) is 3.24. The van der Waals surface area contributed by atoms with E-state index in [1.165, 1.54) is 12.1 Å². The maximum atomic E-state index is 5.52. The highest BCUT2D eigenvalue weighted by Gasteiger charge is 2.27. The van der Waals surface area contributed by atoms with Gasteiger partial charge in [0.05, 0.1) is 12.9 Å². The third-order valence-corrected chi connectivity index (χ3v) is 3.24. The minimum absolute atomic E-state index is 0.690. The molecule has 1 aliphatic rings. The van der Waals surface area contributed by atoms with Gasteiger partial charge in [-0.3, -0.25) is 0 Å². The number of imidazole rings is 1. The second-order valence-electron chi connectivity index (χ2n) is 4.17. The lowest BCUT2D eigenvalue weighted by Gasteiger charge is -2.15. The summed E-state index contributed by atoms with van der Waals surface area (Å²) in [6.45, 7) is 4.11. The Bertz CT molecular complexity index is 295. The van der Waals surface area contributed by atoms with Crippen LogP contribution in [0.1, 0.15) is 19.0 Å². The van der Waals surface area contributed by atoms with Crippen molar-refractivity contribution in [3.8, 4) is 0 Å². The SMILES string of the molecule is CC[C@H]1COC[C@H]1Cc1cncn1C. The van der Waals surface area contributed by atoms with E-state index in [2.05, 4.69) is 23.5 Å². The van der Waals surface area contributed by atoms with E-state index in [1.807, 2.05) is 12.5 Å². The average Bonchev–Trinajstić information content (AvgIpc) is 2.77. The molecule has 0 unspecified atom stereocenters. The van der Waals surface area contributed by atoms with Gasteiger partial charge in [-0.1, -0.05) is 13.3 Å². The molecule has 1 aromatic heterocycles. The zero-order valence-electron chi connectivity index (χ0n) is 8.94. The number of hydrogen-bond donors (Lipinski definition) is 0. The highest BCUT2D eigenvalue weighted by Crippen LogP contribution is 2.26. The smallest absolute Gasteiger partial charge is 0.0945 e. The molecule has 14 heavy (non-hydrogen) atoms. The van der Waals surface area contributed by atoms with Crippen LogP contribution in [0.5, 0.6) is 0 Å². The first-order chi connectivity index (χ1) is 6.81. The maximum absolute atomic E-state index is 5.52. The molecule has 3 nitrogen and oxygen atoms in total. The molecule has 2 rings (SSSR count). The first-order valence-corrected chi connectivity index (χ1v) is 5.34. The molecule has 78 valence electrons. The van der Waals surface area contributed by atoms with Gasteiger partial charge in [-0.05, 0) is 18.3 Å². The molecule has 1 fully saturated rings. The summed E-state index contributed by atoms with van der Waals surface area (Å²) in [7, 11) is 2.05. The number of hydrogen-bond acceptors (Lipinski definition) is 2. The Balaban J connectivity index is 2.00. The lowest BCUT2D eigenvalue weighted by Crippen LogP contribution is -2.15. The normalized spacial score (nSPS) is 27.0. The predicted molar refractivity (Wildman–Crippen MR) is 55.0 cm³/mol. The van der Waals surface area contributed by atoms with Crippen LogP contribution in [0.15, 0.2) is 12.5 Å². The number of aryl methyl sites for hydroxylation is 1. The summed E-state index contributed by atoms with van der Waals surface area (Å²) in [5.41, 5.74) is 1.32. The van der Waals surface area contributed by atoms with Crippen molar-refractivity contribution in [1.29, 1.82) is 0 Å². The molecule has 0 saturated carbocycles. The van der Waals surface area contributed by atoms with Gasteiger partial charge in [0.2, 0.25) is 0 Å². The van der Waals surface area contributed by atoms with Crippen LogP contribution in [-0.2, 0) is 18.2 Å². The van der Waals surface area contributed by atoms with E-state index >= 15 is 0 Å². The molecule has 0 bridgehead atoms. The summed E-state index contributed by atoms with van der Waals surface area (Å²) in [5.74, 6) is 1.43. The van der Waals surface area contributed by atoms with Crippen molar-refractivity contribution in [2.24, 2.45) is 18.9 Å². The van der Waals surface area contributed by atoms with Gasteiger partial charge in [0.25, 0.3) is 0 Å². The van der Waals surface area contributed by atoms with Crippen LogP contribution >= 0.6 is 0 Å². The van der Waals surface area contributed by atoms with Gasteiger partial charge in [-0.15, -0.1) is 0 Å². The topological polar surface area (TPSA) is 27.1 Å². The molecular formula is C11H18N2O. The number of rotatable bonds is 3. The van der Waals surface area contributed by atoms with E-state index in [4.69, 9.17) is 4.74 Å². The van der Waals surface area contributed by atoms with Gasteiger partial charge in [-0.25, -0.2) is 4.98 Å². The van der Waals surface area contributed by atoms with Crippen LogP contribution < -0.4 is 0 Å². The highest BCUT2D eigenvalue weighted by atomic mass is 16.5. The van der Waals surface area contributed by atoms with Crippen molar-refractivity contribution >= 4 is 0 Å². The van der Waals surface area contributed by atoms with E-state index in [9.17, 15) is 0 Å². The van der Waals surface area contributed by atoms with E-state index in [0.717, 1.165) is 25.6 Å². The van der Waals surface area contributed by atoms with E-state index in [0.29, 0.717) is 5.92 Å². The summed E-state index contributed by atoms with van der Waals surface area (Å²) < 4.78 is 7.62. The van der Waals surface area contributed by atoms with E-state index in [-0.39, 0.29) is 0 Å². The second kappa shape index (κ2) is 4.13. The molecular weight excluding hydrogens is 176 g/mol. The van der Waals surface area contributed by atoms with Crippen molar-refractivity contribution in [2.75, 3.05) is 13.2 Å². The van der Waals surface area contributed by atoms with Crippen molar-refractivity contribution in [2.45, 2.75) is 19.8 Å². The molecule has 1 saturated heterocycles. The quantitative estimate of drug-likeness (QED) is 0.731. The van der Waals surface area contributed by atoms with Gasteiger partial charge in [0.1, 0.15) is 0 Å². The molecule has 1 aromatic rings. The van der Waals surface area contributed by atoms with Gasteiger partial charge >= 0.3 is 0 Å². The lowest BCUT2D eigenvalue weighted by molar-refractivity contribution is 0.180. The van der Waals surface area contributed by atoms with Crippen molar-refractivity contribution < 1.29 is 4.74 Å². The molecule has 2 heterocycles. The minimum atomic E-state index is 0.690. The number of aromatic nitrogens is 2. The van der Waals surface area contributed by atoms with Gasteiger partial charge in [0, 0.05) is 25.5 Å². The first kappa shape index (κ1) is 9.71. The van der Waals surface area contributed by atoms with Crippen molar-refractivity contribution in [3.05, 3.63) is 18.2 Å². The van der Waals surface area contributed by atoms with Crippen molar-refractivity contribution in [1.82, 2.24) is 9.55 Å². The fourth-order valence-corrected chi connectivity index (χ4v) is 2.17. The Morgan fingerprint density at radius 3 is 2.93 bits per heavy atom. The second-order valence-corrected chi connectivity index (χ2v) is 4.17. The van der Waals surface area contributed by atoms with Gasteiger partial charge in [-0.2, -0.15) is 0 Å². The average molecular weight is 194 g/mol. The van der Waals surface area contributed by atoms with Gasteiger partial charge < -0.3 is 9.30 Å². The molecule has 0 aromatic carbocycles. The molecule has 0 N–H and O–H groups in total. The van der Waals surface area contributed by atoms with E-state index < -0.39 is 0 Å². The monoisotopic (exact) mass is 194 g/mol. The Morgan fingerprint density at radius 2 is 2.29 bits per heavy atom.